The maximum absolute atomic E-state index is 10.6. The highest BCUT2D eigenvalue weighted by atomic mass is 16.5. The third-order valence-corrected chi connectivity index (χ3v) is 5.90. The molecule has 1 aromatic rings. The third-order valence-electron chi connectivity index (χ3n) is 5.90. The molecule has 0 bridgehead atoms. The van der Waals surface area contributed by atoms with E-state index in [0.29, 0.717) is 6.42 Å². The fraction of sp³-hybridized carbons (Fsp3) is 0.636. The van der Waals surface area contributed by atoms with Crippen molar-refractivity contribution in [2.75, 3.05) is 20.3 Å². The smallest absolute Gasteiger partial charge is 0.0884 e. The van der Waals surface area contributed by atoms with Crippen LogP contribution < -0.4 is 0 Å². The van der Waals surface area contributed by atoms with Crippen LogP contribution in [0.4, 0.5) is 0 Å². The zero-order chi connectivity index (χ0) is 20.0. The summed E-state index contributed by atoms with van der Waals surface area (Å²) in [5.41, 5.74) is 2.06. The van der Waals surface area contributed by atoms with Gasteiger partial charge in [-0.3, -0.25) is 0 Å². The van der Waals surface area contributed by atoms with Crippen molar-refractivity contribution in [2.24, 2.45) is 11.8 Å². The van der Waals surface area contributed by atoms with E-state index in [9.17, 15) is 20.4 Å². The largest absolute Gasteiger partial charge is 0.394 e. The number of allylic oxidation sites excluding steroid dienone is 1. The molecular formula is C22H34O5. The molecule has 0 saturated heterocycles. The lowest BCUT2D eigenvalue weighted by molar-refractivity contribution is -0.0755. The zero-order valence-corrected chi connectivity index (χ0v) is 16.6. The Balaban J connectivity index is 2.07. The number of hydrogen-bond donors (Lipinski definition) is 4. The highest BCUT2D eigenvalue weighted by Gasteiger charge is 2.40. The third kappa shape index (κ3) is 5.87. The summed E-state index contributed by atoms with van der Waals surface area (Å²) < 4.78 is 5.20. The van der Waals surface area contributed by atoms with Crippen LogP contribution in [0.1, 0.15) is 37.8 Å². The summed E-state index contributed by atoms with van der Waals surface area (Å²) in [6.45, 7) is 3.26. The molecule has 27 heavy (non-hydrogen) atoms. The van der Waals surface area contributed by atoms with Gasteiger partial charge in [-0.05, 0) is 68.1 Å². The predicted octanol–water partition coefficient (Wildman–Crippen LogP) is 1.86. The van der Waals surface area contributed by atoms with Crippen LogP contribution in [0.15, 0.2) is 35.9 Å². The van der Waals surface area contributed by atoms with Crippen LogP contribution >= 0.6 is 0 Å². The van der Waals surface area contributed by atoms with Crippen LogP contribution in [-0.4, -0.2) is 58.6 Å². The van der Waals surface area contributed by atoms with E-state index in [0.717, 1.165) is 30.4 Å². The number of aliphatic hydroxyl groups is 4. The maximum atomic E-state index is 10.6. The second-order valence-electron chi connectivity index (χ2n) is 8.05. The first-order valence-electron chi connectivity index (χ1n) is 9.71. The second kappa shape index (κ2) is 9.80. The Hall–Kier alpha value is -1.24. The average molecular weight is 379 g/mol. The first kappa shape index (κ1) is 22.1. The van der Waals surface area contributed by atoms with E-state index in [1.54, 1.807) is 14.0 Å². The van der Waals surface area contributed by atoms with Crippen molar-refractivity contribution < 1.29 is 25.2 Å². The van der Waals surface area contributed by atoms with E-state index in [2.05, 4.69) is 24.3 Å². The van der Waals surface area contributed by atoms with Gasteiger partial charge < -0.3 is 25.2 Å². The van der Waals surface area contributed by atoms with E-state index in [1.165, 1.54) is 5.56 Å². The maximum Gasteiger partial charge on any atom is 0.0884 e. The van der Waals surface area contributed by atoms with Crippen molar-refractivity contribution in [3.63, 3.8) is 0 Å². The number of methoxy groups -OCH3 is 1. The number of benzene rings is 1. The van der Waals surface area contributed by atoms with Gasteiger partial charge in [-0.2, -0.15) is 0 Å². The predicted molar refractivity (Wildman–Crippen MR) is 105 cm³/mol. The number of aryl methyl sites for hydroxylation is 1. The van der Waals surface area contributed by atoms with Gasteiger partial charge in [0, 0.05) is 7.11 Å². The molecule has 0 saturated carbocycles. The Bertz CT molecular complexity index is 604. The molecule has 2 rings (SSSR count). The van der Waals surface area contributed by atoms with E-state index in [-0.39, 0.29) is 31.2 Å². The van der Waals surface area contributed by atoms with Gasteiger partial charge >= 0.3 is 0 Å². The second-order valence-corrected chi connectivity index (χ2v) is 8.05. The molecule has 1 aliphatic carbocycles. The van der Waals surface area contributed by atoms with Crippen LogP contribution in [-0.2, 0) is 17.6 Å². The van der Waals surface area contributed by atoms with Gasteiger partial charge in [0.25, 0.3) is 0 Å². The first-order chi connectivity index (χ1) is 12.8. The Labute approximate surface area is 162 Å². The van der Waals surface area contributed by atoms with E-state index < -0.39 is 11.7 Å². The summed E-state index contributed by atoms with van der Waals surface area (Å²) in [5, 5.41) is 39.6. The van der Waals surface area contributed by atoms with Gasteiger partial charge in [0.1, 0.15) is 0 Å². The molecule has 0 radical (unpaired) electrons. The van der Waals surface area contributed by atoms with Crippen molar-refractivity contribution in [3.8, 4) is 0 Å². The molecule has 0 aliphatic heterocycles. The molecule has 0 fully saturated rings. The molecular weight excluding hydrogens is 344 g/mol. The minimum atomic E-state index is -1.22. The van der Waals surface area contributed by atoms with Crippen molar-refractivity contribution in [2.45, 2.75) is 57.3 Å². The Kier molecular flexibility index (Phi) is 8.01. The SMILES string of the molecule is CO[C@H](CO)CCc1ccc(C[C@H]2C=C(C)[C@@H](O)C[C@@H]2[C@@](C)(O)CO)cc1. The highest BCUT2D eigenvalue weighted by molar-refractivity contribution is 5.25. The molecule has 152 valence electrons. The summed E-state index contributed by atoms with van der Waals surface area (Å²) in [4.78, 5) is 0. The van der Waals surface area contributed by atoms with Crippen LogP contribution in [0.3, 0.4) is 0 Å². The molecule has 1 aromatic carbocycles. The minimum absolute atomic E-state index is 0.0278. The van der Waals surface area contributed by atoms with E-state index in [4.69, 9.17) is 4.74 Å². The van der Waals surface area contributed by atoms with Gasteiger partial charge in [0.15, 0.2) is 0 Å². The van der Waals surface area contributed by atoms with Gasteiger partial charge in [0.05, 0.1) is 31.0 Å². The summed E-state index contributed by atoms with van der Waals surface area (Å²) >= 11 is 0. The Morgan fingerprint density at radius 2 is 1.81 bits per heavy atom. The quantitative estimate of drug-likeness (QED) is 0.493. The molecule has 0 spiro atoms. The average Bonchev–Trinajstić information content (AvgIpc) is 2.66. The topological polar surface area (TPSA) is 90.2 Å². The molecule has 5 heteroatoms. The summed E-state index contributed by atoms with van der Waals surface area (Å²) in [6, 6.07) is 8.36. The molecule has 5 atom stereocenters. The van der Waals surface area contributed by atoms with Crippen molar-refractivity contribution in [1.82, 2.24) is 0 Å². The fourth-order valence-electron chi connectivity index (χ4n) is 3.93. The monoisotopic (exact) mass is 378 g/mol. The number of aliphatic hydroxyl groups excluding tert-OH is 3. The molecule has 4 N–H and O–H groups in total. The summed E-state index contributed by atoms with van der Waals surface area (Å²) in [6.07, 6.45) is 4.17. The normalized spacial score (nSPS) is 26.3. The minimum Gasteiger partial charge on any atom is -0.394 e. The standard InChI is InChI=1S/C22H34O5/c1-15-10-18(20(12-21(15)25)22(2,26)14-24)11-17-6-4-16(5-7-17)8-9-19(13-23)27-3/h4-7,10,18-21,23-26H,8-9,11-14H2,1-3H3/t18-,19+,20+,21+,22+/m1/s1. The molecule has 0 unspecified atom stereocenters. The zero-order valence-electron chi connectivity index (χ0n) is 16.6. The highest BCUT2D eigenvalue weighted by Crippen LogP contribution is 2.38. The van der Waals surface area contributed by atoms with Crippen molar-refractivity contribution in [1.29, 1.82) is 0 Å². The molecule has 0 amide bonds. The van der Waals surface area contributed by atoms with E-state index >= 15 is 0 Å². The van der Waals surface area contributed by atoms with Gasteiger partial charge in [-0.15, -0.1) is 0 Å². The Morgan fingerprint density at radius 1 is 1.19 bits per heavy atom. The van der Waals surface area contributed by atoms with Crippen LogP contribution in [0.2, 0.25) is 0 Å². The lowest BCUT2D eigenvalue weighted by Crippen LogP contribution is -2.46. The van der Waals surface area contributed by atoms with Crippen molar-refractivity contribution in [3.05, 3.63) is 47.0 Å². The molecule has 0 heterocycles. The van der Waals surface area contributed by atoms with Crippen LogP contribution in [0.5, 0.6) is 0 Å². The first-order valence-corrected chi connectivity index (χ1v) is 9.71. The van der Waals surface area contributed by atoms with Crippen LogP contribution in [0, 0.1) is 11.8 Å². The fourth-order valence-corrected chi connectivity index (χ4v) is 3.93. The van der Waals surface area contributed by atoms with Gasteiger partial charge in [-0.25, -0.2) is 0 Å². The lowest BCUT2D eigenvalue weighted by Gasteiger charge is -2.40. The van der Waals surface area contributed by atoms with Crippen LogP contribution in [0.25, 0.3) is 0 Å². The lowest BCUT2D eigenvalue weighted by atomic mass is 9.69. The van der Waals surface area contributed by atoms with E-state index in [1.807, 2.05) is 13.0 Å². The van der Waals surface area contributed by atoms with Gasteiger partial charge in [-0.1, -0.05) is 30.3 Å². The number of ether oxygens (including phenoxy) is 1. The summed E-state index contributed by atoms with van der Waals surface area (Å²) in [7, 11) is 1.61. The van der Waals surface area contributed by atoms with Crippen molar-refractivity contribution >= 4 is 0 Å². The number of rotatable bonds is 9. The molecule has 1 aliphatic rings. The molecule has 5 nitrogen and oxygen atoms in total. The van der Waals surface area contributed by atoms with Gasteiger partial charge in [0.2, 0.25) is 0 Å². The summed E-state index contributed by atoms with van der Waals surface area (Å²) in [5.74, 6) is -0.137. The Morgan fingerprint density at radius 3 is 2.37 bits per heavy atom. The number of hydrogen-bond acceptors (Lipinski definition) is 5. The molecule has 0 aromatic heterocycles.